The number of phenolic OH excluding ortho intramolecular Hbond substituents is 1. The SMILES string of the molecule is COc1ccc2nc(-n3ncc4c3NC(=O)CC4c3ccc(O)c(OC)c3)sc2c1. The minimum Gasteiger partial charge on any atom is -0.504 e. The molecule has 4 aromatic rings. The topological polar surface area (TPSA) is 98.5 Å². The number of amides is 1. The summed E-state index contributed by atoms with van der Waals surface area (Å²) in [6, 6.07) is 10.8. The molecule has 0 bridgehead atoms. The molecule has 1 unspecified atom stereocenters. The highest BCUT2D eigenvalue weighted by atomic mass is 32.1. The highest BCUT2D eigenvalue weighted by Gasteiger charge is 2.31. The molecule has 2 aromatic carbocycles. The van der Waals surface area contributed by atoms with Gasteiger partial charge in [0.25, 0.3) is 0 Å². The fraction of sp³-hybridized carbons (Fsp3) is 0.190. The van der Waals surface area contributed by atoms with Gasteiger partial charge in [-0.2, -0.15) is 9.78 Å². The van der Waals surface area contributed by atoms with E-state index in [1.54, 1.807) is 36.2 Å². The lowest BCUT2D eigenvalue weighted by molar-refractivity contribution is -0.116. The Hall–Kier alpha value is -3.59. The Balaban J connectivity index is 1.59. The van der Waals surface area contributed by atoms with E-state index < -0.39 is 0 Å². The van der Waals surface area contributed by atoms with Crippen LogP contribution in [0.5, 0.6) is 17.2 Å². The number of carbonyl (C=O) groups is 1. The second kappa shape index (κ2) is 7.03. The van der Waals surface area contributed by atoms with Crippen LogP contribution in [0.2, 0.25) is 0 Å². The summed E-state index contributed by atoms with van der Waals surface area (Å²) in [6.07, 6.45) is 2.04. The number of methoxy groups -OCH3 is 2. The van der Waals surface area contributed by atoms with Crippen LogP contribution in [0.3, 0.4) is 0 Å². The molecule has 0 radical (unpaired) electrons. The minimum atomic E-state index is -0.202. The van der Waals surface area contributed by atoms with Crippen molar-refractivity contribution < 1.29 is 19.4 Å². The van der Waals surface area contributed by atoms with Crippen LogP contribution in [0.4, 0.5) is 5.82 Å². The summed E-state index contributed by atoms with van der Waals surface area (Å²) in [6.45, 7) is 0. The van der Waals surface area contributed by atoms with Gasteiger partial charge in [0.1, 0.15) is 11.6 Å². The van der Waals surface area contributed by atoms with Gasteiger partial charge >= 0.3 is 0 Å². The lowest BCUT2D eigenvalue weighted by atomic mass is 9.87. The van der Waals surface area contributed by atoms with Gasteiger partial charge in [0, 0.05) is 17.9 Å². The molecule has 152 valence electrons. The van der Waals surface area contributed by atoms with Crippen molar-refractivity contribution >= 4 is 33.3 Å². The fourth-order valence-corrected chi connectivity index (χ4v) is 4.64. The van der Waals surface area contributed by atoms with Gasteiger partial charge in [0.15, 0.2) is 11.5 Å². The number of carbonyl (C=O) groups excluding carboxylic acids is 1. The number of benzene rings is 2. The average Bonchev–Trinajstić information content (AvgIpc) is 3.36. The average molecular weight is 422 g/mol. The van der Waals surface area contributed by atoms with Gasteiger partial charge < -0.3 is 19.9 Å². The van der Waals surface area contributed by atoms with Crippen LogP contribution < -0.4 is 14.8 Å². The maximum absolute atomic E-state index is 12.5. The van der Waals surface area contributed by atoms with E-state index in [-0.39, 0.29) is 24.0 Å². The summed E-state index contributed by atoms with van der Waals surface area (Å²) in [5, 5.41) is 18.0. The first kappa shape index (κ1) is 18.4. The monoisotopic (exact) mass is 422 g/mol. The van der Waals surface area contributed by atoms with Crippen molar-refractivity contribution in [3.63, 3.8) is 0 Å². The number of aromatic nitrogens is 3. The molecule has 0 saturated carbocycles. The fourth-order valence-electron chi connectivity index (χ4n) is 3.68. The van der Waals surface area contributed by atoms with E-state index in [4.69, 9.17) is 9.47 Å². The van der Waals surface area contributed by atoms with E-state index in [1.807, 2.05) is 18.2 Å². The Kier molecular flexibility index (Phi) is 4.32. The molecular weight excluding hydrogens is 404 g/mol. The number of rotatable bonds is 4. The minimum absolute atomic E-state index is 0.0577. The van der Waals surface area contributed by atoms with Gasteiger partial charge in [-0.25, -0.2) is 4.98 Å². The van der Waals surface area contributed by atoms with Crippen molar-refractivity contribution in [2.45, 2.75) is 12.3 Å². The zero-order valence-corrected chi connectivity index (χ0v) is 17.1. The van der Waals surface area contributed by atoms with Gasteiger partial charge in [0.2, 0.25) is 11.0 Å². The van der Waals surface area contributed by atoms with E-state index in [0.717, 1.165) is 27.1 Å². The molecule has 0 fully saturated rings. The molecule has 2 aromatic heterocycles. The van der Waals surface area contributed by atoms with Crippen molar-refractivity contribution in [3.8, 4) is 22.4 Å². The number of hydrogen-bond donors (Lipinski definition) is 2. The first-order chi connectivity index (χ1) is 14.6. The Morgan fingerprint density at radius 3 is 2.87 bits per heavy atom. The van der Waals surface area contributed by atoms with Crippen molar-refractivity contribution in [2.24, 2.45) is 0 Å². The lowest BCUT2D eigenvalue weighted by Crippen LogP contribution is -2.24. The van der Waals surface area contributed by atoms with Gasteiger partial charge in [-0.3, -0.25) is 4.79 Å². The predicted molar refractivity (Wildman–Crippen MR) is 113 cm³/mol. The summed E-state index contributed by atoms with van der Waals surface area (Å²) < 4.78 is 13.1. The number of aromatic hydroxyl groups is 1. The maximum Gasteiger partial charge on any atom is 0.226 e. The molecule has 2 N–H and O–H groups in total. The zero-order chi connectivity index (χ0) is 20.8. The molecule has 9 heteroatoms. The van der Waals surface area contributed by atoms with Gasteiger partial charge in [-0.05, 0) is 35.9 Å². The van der Waals surface area contributed by atoms with Crippen LogP contribution in [0.15, 0.2) is 42.6 Å². The van der Waals surface area contributed by atoms with Gasteiger partial charge in [-0.15, -0.1) is 0 Å². The van der Waals surface area contributed by atoms with Crippen LogP contribution in [0.1, 0.15) is 23.5 Å². The van der Waals surface area contributed by atoms with Gasteiger partial charge in [0.05, 0.1) is 30.6 Å². The van der Waals surface area contributed by atoms with E-state index in [1.165, 1.54) is 18.4 Å². The van der Waals surface area contributed by atoms with Crippen LogP contribution in [-0.4, -0.2) is 40.0 Å². The number of nitrogens with zero attached hydrogens (tertiary/aromatic N) is 3. The molecule has 1 atom stereocenters. The second-order valence-electron chi connectivity index (χ2n) is 6.93. The van der Waals surface area contributed by atoms with Crippen LogP contribution >= 0.6 is 11.3 Å². The standard InChI is InChI=1S/C21H18N4O4S/c1-28-12-4-5-15-18(8-12)30-21(23-15)25-20-14(10-22-25)13(9-19(27)24-20)11-3-6-16(26)17(7-11)29-2/h3-8,10,13,26H,9H2,1-2H3,(H,24,27). The molecule has 1 amide bonds. The highest BCUT2D eigenvalue weighted by molar-refractivity contribution is 7.20. The lowest BCUT2D eigenvalue weighted by Gasteiger charge is -2.23. The Bertz CT molecular complexity index is 1280. The molecule has 0 spiro atoms. The number of phenols is 1. The Morgan fingerprint density at radius 2 is 2.07 bits per heavy atom. The third-order valence-electron chi connectivity index (χ3n) is 5.19. The number of hydrogen-bond acceptors (Lipinski definition) is 7. The highest BCUT2D eigenvalue weighted by Crippen LogP contribution is 2.41. The molecule has 1 aliphatic rings. The van der Waals surface area contributed by atoms with E-state index in [9.17, 15) is 9.90 Å². The molecule has 30 heavy (non-hydrogen) atoms. The van der Waals surface area contributed by atoms with E-state index in [2.05, 4.69) is 15.4 Å². The largest absolute Gasteiger partial charge is 0.504 e. The summed E-state index contributed by atoms with van der Waals surface area (Å²) in [4.78, 5) is 17.2. The van der Waals surface area contributed by atoms with Crippen LogP contribution in [-0.2, 0) is 4.79 Å². The van der Waals surface area contributed by atoms with Crippen molar-refractivity contribution in [1.82, 2.24) is 14.8 Å². The number of ether oxygens (including phenoxy) is 2. The van der Waals surface area contributed by atoms with Crippen molar-refractivity contribution in [2.75, 3.05) is 19.5 Å². The number of nitrogens with one attached hydrogen (secondary N) is 1. The molecule has 3 heterocycles. The Morgan fingerprint density at radius 1 is 1.20 bits per heavy atom. The zero-order valence-electron chi connectivity index (χ0n) is 16.2. The Labute approximate surface area is 175 Å². The summed E-state index contributed by atoms with van der Waals surface area (Å²) in [5.74, 6) is 1.48. The van der Waals surface area contributed by atoms with Gasteiger partial charge in [-0.1, -0.05) is 17.4 Å². The molecule has 1 aliphatic heterocycles. The summed E-state index contributed by atoms with van der Waals surface area (Å²) in [5.41, 5.74) is 2.59. The maximum atomic E-state index is 12.5. The van der Waals surface area contributed by atoms with E-state index in [0.29, 0.717) is 16.7 Å². The molecule has 5 rings (SSSR count). The second-order valence-corrected chi connectivity index (χ2v) is 7.94. The summed E-state index contributed by atoms with van der Waals surface area (Å²) >= 11 is 1.47. The predicted octanol–water partition coefficient (Wildman–Crippen LogP) is 3.68. The third-order valence-corrected chi connectivity index (χ3v) is 6.19. The molecule has 0 saturated heterocycles. The van der Waals surface area contributed by atoms with Crippen molar-refractivity contribution in [3.05, 3.63) is 53.7 Å². The first-order valence-electron chi connectivity index (χ1n) is 9.27. The van der Waals surface area contributed by atoms with Crippen LogP contribution in [0.25, 0.3) is 15.3 Å². The first-order valence-corrected chi connectivity index (χ1v) is 10.1. The van der Waals surface area contributed by atoms with E-state index >= 15 is 0 Å². The number of thiazole rings is 1. The van der Waals surface area contributed by atoms with Crippen LogP contribution in [0, 0.1) is 0 Å². The van der Waals surface area contributed by atoms with Crippen molar-refractivity contribution in [1.29, 1.82) is 0 Å². The molecule has 0 aliphatic carbocycles. The quantitative estimate of drug-likeness (QED) is 0.521. The third kappa shape index (κ3) is 2.94. The number of fused-ring (bicyclic) bond motifs is 2. The molecule has 8 nitrogen and oxygen atoms in total. The summed E-state index contributed by atoms with van der Waals surface area (Å²) in [7, 11) is 3.12. The normalized spacial score (nSPS) is 15.7. The smallest absolute Gasteiger partial charge is 0.226 e. The number of anilines is 1. The molecular formula is C21H18N4O4S.